The van der Waals surface area contributed by atoms with Gasteiger partial charge in [0.25, 0.3) is 11.8 Å². The zero-order chi connectivity index (χ0) is 14.8. The molecule has 0 saturated carbocycles. The number of amides is 4. The zero-order valence-electron chi connectivity index (χ0n) is 10.6. The van der Waals surface area contributed by atoms with Gasteiger partial charge < -0.3 is 4.42 Å². The molecule has 104 valence electrons. The van der Waals surface area contributed by atoms with Crippen LogP contribution in [0.1, 0.15) is 5.56 Å². The average molecular weight is 283 g/mol. The first kappa shape index (κ1) is 12.8. The number of hydrogen-bond donors (Lipinski definition) is 1. The molecule has 1 N–H and O–H groups in total. The van der Waals surface area contributed by atoms with Crippen molar-refractivity contribution in [2.75, 3.05) is 4.90 Å². The van der Waals surface area contributed by atoms with Gasteiger partial charge in [-0.15, -0.1) is 0 Å². The van der Waals surface area contributed by atoms with Crippen LogP contribution in [0.4, 0.5) is 10.5 Å². The summed E-state index contributed by atoms with van der Waals surface area (Å²) in [5.74, 6) is -1.45. The van der Waals surface area contributed by atoms with Crippen LogP contribution in [-0.4, -0.2) is 22.8 Å². The molecule has 0 aromatic carbocycles. The molecule has 3 rings (SSSR count). The van der Waals surface area contributed by atoms with Gasteiger partial charge >= 0.3 is 6.03 Å². The van der Waals surface area contributed by atoms with E-state index in [1.165, 1.54) is 31.0 Å². The highest BCUT2D eigenvalue weighted by Gasteiger charge is 2.36. The van der Waals surface area contributed by atoms with Crippen molar-refractivity contribution in [2.24, 2.45) is 0 Å². The number of furan rings is 1. The zero-order valence-corrected chi connectivity index (χ0v) is 10.6. The molecular formula is C14H9N3O4. The number of anilines is 1. The molecule has 0 spiro atoms. The molecule has 2 aromatic rings. The fourth-order valence-corrected chi connectivity index (χ4v) is 1.90. The van der Waals surface area contributed by atoms with Crippen LogP contribution in [0, 0.1) is 0 Å². The molecule has 0 radical (unpaired) electrons. The summed E-state index contributed by atoms with van der Waals surface area (Å²) in [4.78, 5) is 40.8. The van der Waals surface area contributed by atoms with Crippen LogP contribution < -0.4 is 10.2 Å². The van der Waals surface area contributed by atoms with Gasteiger partial charge in [-0.1, -0.05) is 0 Å². The van der Waals surface area contributed by atoms with Crippen molar-refractivity contribution >= 4 is 29.6 Å². The lowest BCUT2D eigenvalue weighted by Crippen LogP contribution is -2.54. The Kier molecular flexibility index (Phi) is 3.07. The minimum atomic E-state index is -0.803. The van der Waals surface area contributed by atoms with E-state index >= 15 is 0 Å². The largest absolute Gasteiger partial charge is 0.472 e. The molecule has 21 heavy (non-hydrogen) atoms. The molecule has 4 amide bonds. The molecule has 1 aliphatic heterocycles. The summed E-state index contributed by atoms with van der Waals surface area (Å²) in [6.07, 6.45) is 7.04. The maximum atomic E-state index is 12.4. The monoisotopic (exact) mass is 283 g/mol. The van der Waals surface area contributed by atoms with E-state index in [0.29, 0.717) is 5.56 Å². The fraction of sp³-hybridized carbons (Fsp3) is 0. The summed E-state index contributed by atoms with van der Waals surface area (Å²) in [5.41, 5.74) is 0.680. The third-order valence-electron chi connectivity index (χ3n) is 2.86. The molecule has 7 heteroatoms. The molecule has 0 unspecified atom stereocenters. The Labute approximate surface area is 118 Å². The highest BCUT2D eigenvalue weighted by atomic mass is 16.3. The minimum Gasteiger partial charge on any atom is -0.472 e. The van der Waals surface area contributed by atoms with E-state index in [4.69, 9.17) is 4.42 Å². The molecule has 0 aliphatic carbocycles. The Morgan fingerprint density at radius 3 is 2.76 bits per heavy atom. The van der Waals surface area contributed by atoms with Gasteiger partial charge in [-0.25, -0.2) is 9.69 Å². The van der Waals surface area contributed by atoms with E-state index in [0.717, 1.165) is 4.90 Å². The van der Waals surface area contributed by atoms with E-state index in [1.54, 1.807) is 18.2 Å². The Hall–Kier alpha value is -3.22. The third-order valence-corrected chi connectivity index (χ3v) is 2.86. The Balaban J connectivity index is 2.02. The average Bonchev–Trinajstić information content (AvgIpc) is 2.97. The normalized spacial score (nSPS) is 17.2. The quantitative estimate of drug-likeness (QED) is 0.663. The van der Waals surface area contributed by atoms with Crippen LogP contribution in [-0.2, 0) is 9.59 Å². The lowest BCUT2D eigenvalue weighted by Gasteiger charge is -2.25. The van der Waals surface area contributed by atoms with Gasteiger partial charge in [-0.3, -0.25) is 19.9 Å². The highest BCUT2D eigenvalue weighted by Crippen LogP contribution is 2.20. The predicted molar refractivity (Wildman–Crippen MR) is 71.9 cm³/mol. The summed E-state index contributed by atoms with van der Waals surface area (Å²) >= 11 is 0. The lowest BCUT2D eigenvalue weighted by molar-refractivity contribution is -0.122. The van der Waals surface area contributed by atoms with Crippen LogP contribution >= 0.6 is 0 Å². The molecule has 0 atom stereocenters. The van der Waals surface area contributed by atoms with Gasteiger partial charge in [-0.2, -0.15) is 0 Å². The summed E-state index contributed by atoms with van der Waals surface area (Å²) in [6, 6.07) is 3.93. The SMILES string of the molecule is O=C1NC(=O)N(c2cccnc2)C(=O)/C1=C/c1ccoc1. The van der Waals surface area contributed by atoms with Gasteiger partial charge in [0.1, 0.15) is 5.57 Å². The number of aromatic nitrogens is 1. The van der Waals surface area contributed by atoms with Crippen LogP contribution in [0.3, 0.4) is 0 Å². The van der Waals surface area contributed by atoms with Crippen LogP contribution in [0.2, 0.25) is 0 Å². The van der Waals surface area contributed by atoms with Crippen LogP contribution in [0.5, 0.6) is 0 Å². The number of urea groups is 1. The molecule has 1 saturated heterocycles. The number of nitrogens with one attached hydrogen (secondary N) is 1. The Morgan fingerprint density at radius 2 is 2.10 bits per heavy atom. The lowest BCUT2D eigenvalue weighted by atomic mass is 10.1. The van der Waals surface area contributed by atoms with E-state index in [9.17, 15) is 14.4 Å². The Bertz CT molecular complexity index is 735. The van der Waals surface area contributed by atoms with Crippen molar-refractivity contribution in [3.63, 3.8) is 0 Å². The van der Waals surface area contributed by atoms with Crippen LogP contribution in [0.15, 0.2) is 53.1 Å². The number of barbiturate groups is 1. The topological polar surface area (TPSA) is 92.5 Å². The van der Waals surface area contributed by atoms with Gasteiger partial charge in [0.05, 0.1) is 24.4 Å². The molecule has 1 aliphatic rings. The van der Waals surface area contributed by atoms with Crippen molar-refractivity contribution in [1.82, 2.24) is 10.3 Å². The Morgan fingerprint density at radius 1 is 1.24 bits per heavy atom. The van der Waals surface area contributed by atoms with Gasteiger partial charge in [-0.05, 0) is 24.3 Å². The fourth-order valence-electron chi connectivity index (χ4n) is 1.90. The van der Waals surface area contributed by atoms with E-state index in [-0.39, 0.29) is 11.3 Å². The highest BCUT2D eigenvalue weighted by molar-refractivity contribution is 6.39. The van der Waals surface area contributed by atoms with Gasteiger partial charge in [0.2, 0.25) is 0 Å². The van der Waals surface area contributed by atoms with Crippen molar-refractivity contribution < 1.29 is 18.8 Å². The summed E-state index contributed by atoms with van der Waals surface area (Å²) in [7, 11) is 0. The van der Waals surface area contributed by atoms with E-state index < -0.39 is 17.8 Å². The van der Waals surface area contributed by atoms with Crippen molar-refractivity contribution in [1.29, 1.82) is 0 Å². The number of imide groups is 2. The van der Waals surface area contributed by atoms with Gasteiger partial charge in [0.15, 0.2) is 0 Å². The number of nitrogens with zero attached hydrogens (tertiary/aromatic N) is 2. The second-order valence-corrected chi connectivity index (χ2v) is 4.23. The number of pyridine rings is 1. The first-order valence-electron chi connectivity index (χ1n) is 6.00. The van der Waals surface area contributed by atoms with Crippen molar-refractivity contribution in [2.45, 2.75) is 0 Å². The van der Waals surface area contributed by atoms with Gasteiger partial charge in [0, 0.05) is 11.8 Å². The van der Waals surface area contributed by atoms with E-state index in [2.05, 4.69) is 10.3 Å². The predicted octanol–water partition coefficient (Wildman–Crippen LogP) is 1.34. The van der Waals surface area contributed by atoms with Crippen molar-refractivity contribution in [3.8, 4) is 0 Å². The maximum Gasteiger partial charge on any atom is 0.336 e. The summed E-state index contributed by atoms with van der Waals surface area (Å²) < 4.78 is 4.88. The summed E-state index contributed by atoms with van der Waals surface area (Å²) in [5, 5.41) is 2.12. The second-order valence-electron chi connectivity index (χ2n) is 4.23. The standard InChI is InChI=1S/C14H9N3O4/c18-12-11(6-9-3-5-21-8-9)13(19)17(14(20)16-12)10-2-1-4-15-7-10/h1-8H,(H,16,18,20)/b11-6+. The molecule has 1 fully saturated rings. The molecule has 0 bridgehead atoms. The number of rotatable bonds is 2. The van der Waals surface area contributed by atoms with Crippen LogP contribution in [0.25, 0.3) is 6.08 Å². The third kappa shape index (κ3) is 2.32. The molecular weight excluding hydrogens is 274 g/mol. The second kappa shape index (κ2) is 5.04. The smallest absolute Gasteiger partial charge is 0.336 e. The molecule has 7 nitrogen and oxygen atoms in total. The first-order chi connectivity index (χ1) is 10.2. The molecule has 2 aromatic heterocycles. The summed E-state index contributed by atoms with van der Waals surface area (Å²) in [6.45, 7) is 0. The van der Waals surface area contributed by atoms with E-state index in [1.807, 2.05) is 0 Å². The number of hydrogen-bond acceptors (Lipinski definition) is 5. The van der Waals surface area contributed by atoms with Crippen molar-refractivity contribution in [3.05, 3.63) is 54.3 Å². The number of carbonyl (C=O) groups excluding carboxylic acids is 3. The number of carbonyl (C=O) groups is 3. The minimum absolute atomic E-state index is 0.153. The maximum absolute atomic E-state index is 12.4. The molecule has 3 heterocycles. The first-order valence-corrected chi connectivity index (χ1v) is 6.00.